The first kappa shape index (κ1) is 15.8. The molecule has 5 heteroatoms. The van der Waals surface area contributed by atoms with Gasteiger partial charge in [0.05, 0.1) is 12.1 Å². The van der Waals surface area contributed by atoms with Gasteiger partial charge in [0, 0.05) is 10.5 Å². The summed E-state index contributed by atoms with van der Waals surface area (Å²) in [6, 6.07) is 7.77. The summed E-state index contributed by atoms with van der Waals surface area (Å²) < 4.78 is 19.5. The van der Waals surface area contributed by atoms with Crippen molar-refractivity contribution in [3.05, 3.63) is 57.7 Å². The number of hydrogen-bond donors (Lipinski definition) is 0. The minimum Gasteiger partial charge on any atom is -0.464 e. The van der Waals surface area contributed by atoms with E-state index in [0.29, 0.717) is 22.3 Å². The standard InChI is InChI=1S/C16H17BrFNO2/c1-10(2)19(9-13-6-4-11(3)21-13)16(20)14-8-12(18)5-7-15(14)17/h4-8,10H,9H2,1-3H3. The molecule has 1 heterocycles. The van der Waals surface area contributed by atoms with Crippen LogP contribution in [0.4, 0.5) is 4.39 Å². The van der Waals surface area contributed by atoms with Crippen molar-refractivity contribution in [2.24, 2.45) is 0 Å². The second-order valence-electron chi connectivity index (χ2n) is 5.16. The maximum atomic E-state index is 13.4. The van der Waals surface area contributed by atoms with Crippen LogP contribution in [0, 0.1) is 12.7 Å². The fourth-order valence-corrected chi connectivity index (χ4v) is 2.46. The zero-order chi connectivity index (χ0) is 15.6. The maximum Gasteiger partial charge on any atom is 0.255 e. The van der Waals surface area contributed by atoms with Crippen LogP contribution < -0.4 is 0 Å². The summed E-state index contributed by atoms with van der Waals surface area (Å²) in [7, 11) is 0. The molecule has 0 aliphatic carbocycles. The topological polar surface area (TPSA) is 33.5 Å². The Hall–Kier alpha value is -1.62. The SMILES string of the molecule is Cc1ccc(CN(C(=O)c2cc(F)ccc2Br)C(C)C)o1. The van der Waals surface area contributed by atoms with Crippen molar-refractivity contribution in [3.8, 4) is 0 Å². The largest absolute Gasteiger partial charge is 0.464 e. The van der Waals surface area contributed by atoms with Gasteiger partial charge >= 0.3 is 0 Å². The Morgan fingerprint density at radius 2 is 2.05 bits per heavy atom. The van der Waals surface area contributed by atoms with Crippen LogP contribution in [0.25, 0.3) is 0 Å². The van der Waals surface area contributed by atoms with Gasteiger partial charge in [0.1, 0.15) is 17.3 Å². The van der Waals surface area contributed by atoms with E-state index in [1.807, 2.05) is 32.9 Å². The number of furan rings is 1. The average Bonchev–Trinajstić information content (AvgIpc) is 2.83. The first-order valence-electron chi connectivity index (χ1n) is 6.70. The lowest BCUT2D eigenvalue weighted by molar-refractivity contribution is 0.0674. The summed E-state index contributed by atoms with van der Waals surface area (Å²) >= 11 is 3.30. The fraction of sp³-hybridized carbons (Fsp3) is 0.312. The third-order valence-corrected chi connectivity index (χ3v) is 3.86. The molecular formula is C16H17BrFNO2. The van der Waals surface area contributed by atoms with E-state index in [0.717, 1.165) is 5.76 Å². The molecule has 21 heavy (non-hydrogen) atoms. The van der Waals surface area contributed by atoms with Crippen LogP contribution in [0.5, 0.6) is 0 Å². The molecule has 0 aliphatic heterocycles. The molecule has 0 N–H and O–H groups in total. The molecule has 0 spiro atoms. The van der Waals surface area contributed by atoms with Gasteiger partial charge < -0.3 is 9.32 Å². The van der Waals surface area contributed by atoms with Crippen LogP contribution in [-0.4, -0.2) is 16.8 Å². The number of aryl methyl sites for hydroxylation is 1. The summed E-state index contributed by atoms with van der Waals surface area (Å²) in [6.45, 7) is 6.04. The van der Waals surface area contributed by atoms with E-state index in [2.05, 4.69) is 15.9 Å². The molecule has 0 aliphatic rings. The van der Waals surface area contributed by atoms with Crippen molar-refractivity contribution in [1.29, 1.82) is 0 Å². The molecule has 1 aromatic carbocycles. The first-order valence-corrected chi connectivity index (χ1v) is 7.49. The molecule has 2 aromatic rings. The Bertz CT molecular complexity index is 651. The highest BCUT2D eigenvalue weighted by atomic mass is 79.9. The van der Waals surface area contributed by atoms with Gasteiger partial charge in [-0.2, -0.15) is 0 Å². The van der Waals surface area contributed by atoms with E-state index < -0.39 is 5.82 Å². The Labute approximate surface area is 131 Å². The lowest BCUT2D eigenvalue weighted by atomic mass is 10.1. The maximum absolute atomic E-state index is 13.4. The third kappa shape index (κ3) is 3.73. The van der Waals surface area contributed by atoms with Crippen LogP contribution in [0.3, 0.4) is 0 Å². The smallest absolute Gasteiger partial charge is 0.255 e. The molecule has 0 saturated heterocycles. The van der Waals surface area contributed by atoms with Crippen LogP contribution in [0.1, 0.15) is 35.7 Å². The van der Waals surface area contributed by atoms with Gasteiger partial charge in [-0.1, -0.05) is 0 Å². The van der Waals surface area contributed by atoms with Crippen LogP contribution in [-0.2, 0) is 6.54 Å². The first-order chi connectivity index (χ1) is 9.88. The van der Waals surface area contributed by atoms with Crippen LogP contribution in [0.2, 0.25) is 0 Å². The summed E-state index contributed by atoms with van der Waals surface area (Å²) in [5, 5.41) is 0. The molecule has 3 nitrogen and oxygen atoms in total. The van der Waals surface area contributed by atoms with Crippen LogP contribution in [0.15, 0.2) is 39.2 Å². The summed E-state index contributed by atoms with van der Waals surface area (Å²) in [6.07, 6.45) is 0. The second kappa shape index (κ2) is 6.43. The van der Waals surface area contributed by atoms with Gasteiger partial charge in [0.25, 0.3) is 5.91 Å². The van der Waals surface area contributed by atoms with Crippen LogP contribution >= 0.6 is 15.9 Å². The minimum atomic E-state index is -0.431. The number of rotatable bonds is 4. The molecule has 0 unspecified atom stereocenters. The molecule has 0 atom stereocenters. The molecule has 0 fully saturated rings. The summed E-state index contributed by atoms with van der Waals surface area (Å²) in [5.41, 5.74) is 0.312. The van der Waals surface area contributed by atoms with E-state index in [1.54, 1.807) is 4.90 Å². The second-order valence-corrected chi connectivity index (χ2v) is 6.02. The number of halogens is 2. The molecule has 1 aromatic heterocycles. The molecule has 0 radical (unpaired) electrons. The number of carbonyl (C=O) groups is 1. The molecule has 112 valence electrons. The van der Waals surface area contributed by atoms with Gasteiger partial charge in [0.15, 0.2) is 0 Å². The van der Waals surface area contributed by atoms with Gasteiger partial charge in [-0.3, -0.25) is 4.79 Å². The molecule has 0 bridgehead atoms. The number of nitrogens with zero attached hydrogens (tertiary/aromatic N) is 1. The average molecular weight is 354 g/mol. The van der Waals surface area contributed by atoms with Gasteiger partial charge in [-0.05, 0) is 67.0 Å². The lowest BCUT2D eigenvalue weighted by Crippen LogP contribution is -2.36. The molecule has 0 saturated carbocycles. The van der Waals surface area contributed by atoms with Crippen molar-refractivity contribution in [1.82, 2.24) is 4.90 Å². The Morgan fingerprint density at radius 1 is 1.33 bits per heavy atom. The predicted octanol–water partition coefficient (Wildman–Crippen LogP) is 4.54. The Morgan fingerprint density at radius 3 is 2.62 bits per heavy atom. The van der Waals surface area contributed by atoms with Gasteiger partial charge in [-0.15, -0.1) is 0 Å². The van der Waals surface area contributed by atoms with E-state index in [1.165, 1.54) is 18.2 Å². The monoisotopic (exact) mass is 353 g/mol. The van der Waals surface area contributed by atoms with Crippen molar-refractivity contribution in [3.63, 3.8) is 0 Å². The molecule has 2 rings (SSSR count). The highest BCUT2D eigenvalue weighted by Gasteiger charge is 2.22. The minimum absolute atomic E-state index is 0.0296. The van der Waals surface area contributed by atoms with Gasteiger partial charge in [0.2, 0.25) is 0 Å². The Kier molecular flexibility index (Phi) is 4.83. The number of amides is 1. The number of benzene rings is 1. The van der Waals surface area contributed by atoms with E-state index >= 15 is 0 Å². The normalized spacial score (nSPS) is 11.0. The molecular weight excluding hydrogens is 337 g/mol. The van der Waals surface area contributed by atoms with E-state index in [9.17, 15) is 9.18 Å². The predicted molar refractivity (Wildman–Crippen MR) is 82.6 cm³/mol. The van der Waals surface area contributed by atoms with Crippen molar-refractivity contribution < 1.29 is 13.6 Å². The van der Waals surface area contributed by atoms with E-state index in [-0.39, 0.29) is 11.9 Å². The highest BCUT2D eigenvalue weighted by molar-refractivity contribution is 9.10. The highest BCUT2D eigenvalue weighted by Crippen LogP contribution is 2.22. The van der Waals surface area contributed by atoms with Crippen molar-refractivity contribution >= 4 is 21.8 Å². The summed E-state index contributed by atoms with van der Waals surface area (Å²) in [4.78, 5) is 14.3. The van der Waals surface area contributed by atoms with E-state index in [4.69, 9.17) is 4.42 Å². The zero-order valence-corrected chi connectivity index (χ0v) is 13.8. The van der Waals surface area contributed by atoms with Crippen molar-refractivity contribution in [2.75, 3.05) is 0 Å². The zero-order valence-electron chi connectivity index (χ0n) is 12.2. The summed E-state index contributed by atoms with van der Waals surface area (Å²) in [5.74, 6) is 0.847. The van der Waals surface area contributed by atoms with Gasteiger partial charge in [-0.25, -0.2) is 4.39 Å². The molecule has 1 amide bonds. The quantitative estimate of drug-likeness (QED) is 0.808. The fourth-order valence-electron chi connectivity index (χ4n) is 2.04. The number of hydrogen-bond acceptors (Lipinski definition) is 2. The third-order valence-electron chi connectivity index (χ3n) is 3.17. The number of carbonyl (C=O) groups excluding carboxylic acids is 1. The Balaban J connectivity index is 2.29. The van der Waals surface area contributed by atoms with Crippen molar-refractivity contribution in [2.45, 2.75) is 33.4 Å². The lowest BCUT2D eigenvalue weighted by Gasteiger charge is -2.26.